The number of aliphatic carboxylic acids is 1. The molecule has 0 aliphatic heterocycles. The van der Waals surface area contributed by atoms with E-state index in [0.29, 0.717) is 0 Å². The highest BCUT2D eigenvalue weighted by molar-refractivity contribution is 5.74. The van der Waals surface area contributed by atoms with E-state index in [-0.39, 0.29) is 21.1 Å². The molecular formula is C23H11F37NO2+. The van der Waals surface area contributed by atoms with Gasteiger partial charge in [-0.05, 0) is 0 Å². The van der Waals surface area contributed by atoms with Gasteiger partial charge in [0.2, 0.25) is 0 Å². The van der Waals surface area contributed by atoms with E-state index in [4.69, 9.17) is 5.11 Å². The van der Waals surface area contributed by atoms with Gasteiger partial charge in [-0.3, -0.25) is 0 Å². The van der Waals surface area contributed by atoms with Crippen LogP contribution >= 0.6 is 0 Å². The van der Waals surface area contributed by atoms with E-state index in [1.54, 1.807) is 0 Å². The van der Waals surface area contributed by atoms with E-state index < -0.39 is 123 Å². The van der Waals surface area contributed by atoms with Gasteiger partial charge >= 0.3 is 113 Å². The van der Waals surface area contributed by atoms with Crippen molar-refractivity contribution in [2.24, 2.45) is 0 Å². The molecule has 0 rings (SSSR count). The highest BCUT2D eigenvalue weighted by Gasteiger charge is 3.03. The number of hydrogen-bond donors (Lipinski definition) is 1. The van der Waals surface area contributed by atoms with E-state index in [0.717, 1.165) is 0 Å². The van der Waals surface area contributed by atoms with Crippen molar-refractivity contribution in [3.05, 3.63) is 0 Å². The van der Waals surface area contributed by atoms with E-state index in [9.17, 15) is 167 Å². The summed E-state index contributed by atoms with van der Waals surface area (Å²) in [5, 5.41) is 8.67. The Morgan fingerprint density at radius 1 is 0.286 bits per heavy atom. The minimum atomic E-state index is -10.5. The van der Waals surface area contributed by atoms with Crippen molar-refractivity contribution in [3.8, 4) is 0 Å². The maximum absolute atomic E-state index is 14.4. The molecule has 1 unspecified atom stereocenters. The summed E-state index contributed by atoms with van der Waals surface area (Å²) in [4.78, 5) is 11.0. The van der Waals surface area contributed by atoms with Crippen LogP contribution in [0.3, 0.4) is 0 Å². The lowest BCUT2D eigenvalue weighted by Gasteiger charge is -2.47. The first kappa shape index (κ1) is 59.8. The van der Waals surface area contributed by atoms with Crippen molar-refractivity contribution in [2.75, 3.05) is 21.1 Å². The van der Waals surface area contributed by atoms with E-state index in [2.05, 4.69) is 0 Å². The molecule has 0 bridgehead atoms. The molecule has 3 nitrogen and oxygen atoms in total. The van der Waals surface area contributed by atoms with Crippen LogP contribution in [0.15, 0.2) is 0 Å². The van der Waals surface area contributed by atoms with Crippen LogP contribution in [0, 0.1) is 0 Å². The number of alkyl halides is 37. The molecule has 0 fully saturated rings. The highest BCUT2D eigenvalue weighted by atomic mass is 19.4. The molecule has 1 atom stereocenters. The van der Waals surface area contributed by atoms with Crippen molar-refractivity contribution >= 4 is 5.97 Å². The zero-order chi connectivity index (χ0) is 52.7. The second-order valence-electron chi connectivity index (χ2n) is 13.2. The Hall–Kier alpha value is -3.16. The Morgan fingerprint density at radius 3 is 0.524 bits per heavy atom. The van der Waals surface area contributed by atoms with Crippen LogP contribution in [-0.2, 0) is 4.79 Å². The Labute approximate surface area is 318 Å². The zero-order valence-corrected chi connectivity index (χ0v) is 28.4. The summed E-state index contributed by atoms with van der Waals surface area (Å²) in [7, 11) is -0.291. The Bertz CT molecular complexity index is 1690. The lowest BCUT2D eigenvalue weighted by atomic mass is 9.82. The van der Waals surface area contributed by atoms with Gasteiger partial charge in [0.1, 0.15) is 0 Å². The number of carboxylic acid groups (broad SMARTS) is 1. The van der Waals surface area contributed by atoms with Crippen molar-refractivity contribution in [2.45, 2.75) is 113 Å². The zero-order valence-electron chi connectivity index (χ0n) is 28.4. The van der Waals surface area contributed by atoms with Crippen LogP contribution in [0.5, 0.6) is 0 Å². The summed E-state index contributed by atoms with van der Waals surface area (Å²) in [6.07, 6.45) is -8.48. The Kier molecular flexibility index (Phi) is 13.7. The molecule has 40 heteroatoms. The van der Waals surface area contributed by atoms with Gasteiger partial charge in [-0.1, -0.05) is 0 Å². The number of carbonyl (C=O) groups is 1. The Morgan fingerprint density at radius 2 is 0.413 bits per heavy atom. The number of nitrogens with zero attached hydrogens (tertiary/aromatic N) is 1. The van der Waals surface area contributed by atoms with E-state index in [1.165, 1.54) is 0 Å². The molecule has 0 saturated carbocycles. The smallest absolute Gasteiger partial charge is 0.460 e. The molecule has 63 heavy (non-hydrogen) atoms. The third-order valence-corrected chi connectivity index (χ3v) is 8.04. The van der Waals surface area contributed by atoms with Crippen LogP contribution in [0.25, 0.3) is 0 Å². The second kappa shape index (κ2) is 14.4. The maximum atomic E-state index is 14.4. The van der Waals surface area contributed by atoms with Crippen molar-refractivity contribution in [1.82, 2.24) is 0 Å². The summed E-state index contributed by atoms with van der Waals surface area (Å²) < 4.78 is 507. The second-order valence-corrected chi connectivity index (χ2v) is 13.2. The van der Waals surface area contributed by atoms with Gasteiger partial charge in [0.15, 0.2) is 0 Å². The number of hydrogen-bond acceptors (Lipinski definition) is 1. The number of halogens is 37. The molecule has 1 N–H and O–H groups in total. The molecular weight excluding hydrogens is 1030 g/mol. The normalized spacial score (nSPS) is 17.6. The molecule has 0 saturated heterocycles. The van der Waals surface area contributed by atoms with Crippen LogP contribution in [-0.4, -0.2) is 150 Å². The third kappa shape index (κ3) is 6.91. The van der Waals surface area contributed by atoms with Gasteiger partial charge in [-0.15, -0.1) is 0 Å². The molecule has 0 aliphatic carbocycles. The summed E-state index contributed by atoms with van der Waals surface area (Å²) in [5.41, 5.74) is 0. The van der Waals surface area contributed by atoms with Crippen molar-refractivity contribution < 1.29 is 177 Å². The number of rotatable bonds is 19. The predicted molar refractivity (Wildman–Crippen MR) is 120 cm³/mol. The summed E-state index contributed by atoms with van der Waals surface area (Å²) in [5.74, 6) is -171. The van der Waals surface area contributed by atoms with Gasteiger partial charge in [0.05, 0.1) is 21.1 Å². The van der Waals surface area contributed by atoms with Crippen LogP contribution < -0.4 is 0 Å². The van der Waals surface area contributed by atoms with Crippen LogP contribution in [0.4, 0.5) is 162 Å². The first-order valence-electron chi connectivity index (χ1n) is 13.8. The molecule has 0 aromatic carbocycles. The van der Waals surface area contributed by atoms with Gasteiger partial charge in [-0.25, -0.2) is 4.79 Å². The fourth-order valence-electron chi connectivity index (χ4n) is 4.29. The van der Waals surface area contributed by atoms with Gasteiger partial charge in [0.25, 0.3) is 6.04 Å². The summed E-state index contributed by atoms with van der Waals surface area (Å²) in [6, 6.07) is -4.74. The van der Waals surface area contributed by atoms with Gasteiger partial charge < -0.3 is 9.59 Å². The average Bonchev–Trinajstić information content (AvgIpc) is 3.01. The number of carboxylic acids is 1. The summed E-state index contributed by atoms with van der Waals surface area (Å²) >= 11 is 0. The minimum absolute atomic E-state index is 0.0971. The van der Waals surface area contributed by atoms with Crippen molar-refractivity contribution in [1.29, 1.82) is 0 Å². The lowest BCUT2D eigenvalue weighted by molar-refractivity contribution is -0.898. The first-order valence-corrected chi connectivity index (χ1v) is 13.8. The third-order valence-electron chi connectivity index (χ3n) is 8.04. The Balaban J connectivity index is 8.00. The number of quaternary nitrogens is 1. The SMILES string of the molecule is C[N+](C)(C)C(C(=O)O)C(F)(F)C(F)(F)C(F)(F)C(F)(F)C(F)(F)C(F)(F)C(F)(F)C(F)(F)C(F)(F)C(F)(F)C(F)(F)C(F)(F)C(F)(F)C(F)(F)C(F)(F)C(F)(F)C(F)(F)C(F)(F)F. The minimum Gasteiger partial charge on any atom is -0.477 e. The average molecular weight is 1040 g/mol. The molecule has 0 aromatic rings. The highest BCUT2D eigenvalue weighted by Crippen LogP contribution is 2.71. The largest absolute Gasteiger partial charge is 0.477 e. The molecule has 0 spiro atoms. The monoisotopic (exact) mass is 1040 g/mol. The van der Waals surface area contributed by atoms with Crippen molar-refractivity contribution in [3.63, 3.8) is 0 Å². The quantitative estimate of drug-likeness (QED) is 0.103. The lowest BCUT2D eigenvalue weighted by Crippen LogP contribution is -2.80. The van der Waals surface area contributed by atoms with Gasteiger partial charge in [-0.2, -0.15) is 162 Å². The van der Waals surface area contributed by atoms with E-state index in [1.807, 2.05) is 0 Å². The first-order chi connectivity index (χ1) is 26.3. The van der Waals surface area contributed by atoms with Gasteiger partial charge in [0, 0.05) is 0 Å². The molecule has 0 heterocycles. The fourth-order valence-corrected chi connectivity index (χ4v) is 4.29. The van der Waals surface area contributed by atoms with Crippen LogP contribution in [0.1, 0.15) is 0 Å². The molecule has 378 valence electrons. The van der Waals surface area contributed by atoms with Crippen LogP contribution in [0.2, 0.25) is 0 Å². The molecule has 0 amide bonds. The topological polar surface area (TPSA) is 37.3 Å². The standard InChI is InChI=1S/C23H10F37NO2/c1-61(2,3)4(5(62)63)6(24,25)7(26,27)8(28,29)9(30,31)10(32,33)11(34,35)12(36,37)13(38,39)14(40,41)15(42,43)16(44,45)17(46,47)18(48,49)19(50,51)20(52,53)21(54,55)22(56,57)23(58,59)60/h4H,1-3H3/p+1. The molecule has 0 aromatic heterocycles. The summed E-state index contributed by atoms with van der Waals surface area (Å²) in [6.45, 7) is 0. The maximum Gasteiger partial charge on any atom is 0.460 e. The fraction of sp³-hybridized carbons (Fsp3) is 0.957. The van der Waals surface area contributed by atoms with E-state index >= 15 is 0 Å². The number of likely N-dealkylation sites (N-methyl/N-ethyl adjacent to an activating group) is 1. The molecule has 0 aliphatic rings. The predicted octanol–water partition coefficient (Wildman–Crippen LogP) is 11.5. The molecule has 0 radical (unpaired) electrons.